The second-order valence-electron chi connectivity index (χ2n) is 4.95. The molecule has 1 saturated heterocycles. The largest absolute Gasteiger partial charge is 0.337 e. The van der Waals surface area contributed by atoms with Crippen molar-refractivity contribution >= 4 is 21.8 Å². The van der Waals surface area contributed by atoms with Crippen LogP contribution in [0.4, 0.5) is 0 Å². The number of alkyl halides is 1. The Balaban J connectivity index is 2.22. The van der Waals surface area contributed by atoms with E-state index in [1.165, 1.54) is 22.3 Å². The molecule has 2 rings (SSSR count). The highest BCUT2D eigenvalue weighted by atomic mass is 79.9. The van der Waals surface area contributed by atoms with Crippen molar-refractivity contribution in [3.8, 4) is 0 Å². The summed E-state index contributed by atoms with van der Waals surface area (Å²) in [5, 5.41) is 0. The van der Waals surface area contributed by atoms with Crippen LogP contribution in [-0.4, -0.2) is 22.2 Å². The molecule has 0 N–H and O–H groups in total. The van der Waals surface area contributed by atoms with Crippen molar-refractivity contribution in [2.24, 2.45) is 0 Å². The Bertz CT molecular complexity index is 433. The minimum absolute atomic E-state index is 0.256. The van der Waals surface area contributed by atoms with Gasteiger partial charge in [0.05, 0.1) is 0 Å². The van der Waals surface area contributed by atoms with E-state index in [4.69, 9.17) is 0 Å². The molecule has 0 radical (unpaired) electrons. The average Bonchev–Trinajstić information content (AvgIpc) is 2.51. The molecule has 0 aromatic heterocycles. The molecular formula is C14H18BrNO. The third-order valence-corrected chi connectivity index (χ3v) is 3.97. The number of hydrogen-bond acceptors (Lipinski definition) is 1. The van der Waals surface area contributed by atoms with Gasteiger partial charge in [-0.05, 0) is 37.5 Å². The zero-order chi connectivity index (χ0) is 12.6. The number of nitrogens with zero attached hydrogens (tertiary/aromatic N) is 1. The Morgan fingerprint density at radius 3 is 2.35 bits per heavy atom. The standard InChI is InChI=1S/C14H18BrNO/c1-9-4-10(2)13(11(3)5-9)8-16-7-12(15)6-14(16)17/h4-5,12H,6-8H2,1-3H3. The van der Waals surface area contributed by atoms with Gasteiger partial charge in [-0.15, -0.1) is 0 Å². The van der Waals surface area contributed by atoms with Crippen molar-refractivity contribution in [1.29, 1.82) is 0 Å². The van der Waals surface area contributed by atoms with Crippen LogP contribution >= 0.6 is 15.9 Å². The second-order valence-corrected chi connectivity index (χ2v) is 6.25. The minimum atomic E-state index is 0.256. The molecule has 17 heavy (non-hydrogen) atoms. The fourth-order valence-electron chi connectivity index (χ4n) is 2.53. The lowest BCUT2D eigenvalue weighted by atomic mass is 9.99. The van der Waals surface area contributed by atoms with E-state index in [9.17, 15) is 4.79 Å². The molecule has 0 spiro atoms. The summed E-state index contributed by atoms with van der Waals surface area (Å²) in [5.41, 5.74) is 5.15. The van der Waals surface area contributed by atoms with E-state index in [0.29, 0.717) is 11.2 Å². The highest BCUT2D eigenvalue weighted by Crippen LogP contribution is 2.23. The Labute approximate surface area is 111 Å². The maximum atomic E-state index is 11.8. The summed E-state index contributed by atoms with van der Waals surface area (Å²) in [6.07, 6.45) is 0.629. The van der Waals surface area contributed by atoms with Crippen molar-refractivity contribution < 1.29 is 4.79 Å². The van der Waals surface area contributed by atoms with E-state index in [1.54, 1.807) is 0 Å². The molecule has 0 saturated carbocycles. The van der Waals surface area contributed by atoms with E-state index in [0.717, 1.165) is 13.1 Å². The number of halogens is 1. The van der Waals surface area contributed by atoms with Crippen molar-refractivity contribution in [3.05, 3.63) is 34.4 Å². The first-order valence-electron chi connectivity index (χ1n) is 5.96. The van der Waals surface area contributed by atoms with Crippen LogP contribution < -0.4 is 0 Å². The highest BCUT2D eigenvalue weighted by molar-refractivity contribution is 9.09. The van der Waals surface area contributed by atoms with Crippen molar-refractivity contribution in [2.75, 3.05) is 6.54 Å². The molecule has 92 valence electrons. The lowest BCUT2D eigenvalue weighted by Gasteiger charge is -2.19. The molecule has 1 aromatic carbocycles. The summed E-state index contributed by atoms with van der Waals surface area (Å²) in [6.45, 7) is 7.94. The number of benzene rings is 1. The molecule has 1 atom stereocenters. The Morgan fingerprint density at radius 1 is 1.29 bits per heavy atom. The molecule has 3 heteroatoms. The summed E-state index contributed by atoms with van der Waals surface area (Å²) < 4.78 is 0. The zero-order valence-corrected chi connectivity index (χ0v) is 12.2. The molecule has 1 amide bonds. The van der Waals surface area contributed by atoms with E-state index in [1.807, 2.05) is 4.90 Å². The van der Waals surface area contributed by atoms with Crippen LogP contribution in [0.2, 0.25) is 0 Å². The van der Waals surface area contributed by atoms with Crippen LogP contribution in [0.1, 0.15) is 28.7 Å². The summed E-state index contributed by atoms with van der Waals surface area (Å²) in [4.78, 5) is 14.0. The molecule has 1 unspecified atom stereocenters. The lowest BCUT2D eigenvalue weighted by Crippen LogP contribution is -2.25. The maximum Gasteiger partial charge on any atom is 0.224 e. The van der Waals surface area contributed by atoms with E-state index >= 15 is 0 Å². The summed E-state index contributed by atoms with van der Waals surface area (Å²) in [7, 11) is 0. The molecule has 1 heterocycles. The van der Waals surface area contributed by atoms with Crippen LogP contribution in [0.5, 0.6) is 0 Å². The lowest BCUT2D eigenvalue weighted by molar-refractivity contribution is -0.128. The first kappa shape index (κ1) is 12.6. The molecule has 1 aromatic rings. The SMILES string of the molecule is Cc1cc(C)c(CN2CC(Br)CC2=O)c(C)c1. The molecule has 2 nitrogen and oxygen atoms in total. The smallest absolute Gasteiger partial charge is 0.224 e. The normalized spacial score (nSPS) is 20.1. The number of aryl methyl sites for hydroxylation is 3. The summed E-state index contributed by atoms with van der Waals surface area (Å²) in [5.74, 6) is 0.256. The van der Waals surface area contributed by atoms with Crippen LogP contribution in [-0.2, 0) is 11.3 Å². The summed E-state index contributed by atoms with van der Waals surface area (Å²) >= 11 is 3.52. The predicted octanol–water partition coefficient (Wildman–Crippen LogP) is 3.11. The van der Waals surface area contributed by atoms with Gasteiger partial charge in [0, 0.05) is 24.3 Å². The predicted molar refractivity (Wildman–Crippen MR) is 73.4 cm³/mol. The first-order chi connectivity index (χ1) is 7.97. The minimum Gasteiger partial charge on any atom is -0.337 e. The Kier molecular flexibility index (Phi) is 3.57. The van der Waals surface area contributed by atoms with Gasteiger partial charge in [-0.3, -0.25) is 4.79 Å². The zero-order valence-electron chi connectivity index (χ0n) is 10.6. The highest BCUT2D eigenvalue weighted by Gasteiger charge is 2.28. The fraction of sp³-hybridized carbons (Fsp3) is 0.500. The van der Waals surface area contributed by atoms with Gasteiger partial charge in [0.15, 0.2) is 0 Å². The number of amides is 1. The van der Waals surface area contributed by atoms with Crippen molar-refractivity contribution in [2.45, 2.75) is 38.6 Å². The van der Waals surface area contributed by atoms with Gasteiger partial charge < -0.3 is 4.90 Å². The Morgan fingerprint density at radius 2 is 1.88 bits per heavy atom. The Hall–Kier alpha value is -0.830. The van der Waals surface area contributed by atoms with Gasteiger partial charge in [-0.2, -0.15) is 0 Å². The van der Waals surface area contributed by atoms with Crippen LogP contribution in [0.25, 0.3) is 0 Å². The molecule has 1 fully saturated rings. The number of carbonyl (C=O) groups excluding carboxylic acids is 1. The van der Waals surface area contributed by atoms with Crippen molar-refractivity contribution in [1.82, 2.24) is 4.90 Å². The first-order valence-corrected chi connectivity index (χ1v) is 6.87. The van der Waals surface area contributed by atoms with Gasteiger partial charge in [0.1, 0.15) is 0 Å². The average molecular weight is 296 g/mol. The third-order valence-electron chi connectivity index (χ3n) is 3.36. The van der Waals surface area contributed by atoms with Gasteiger partial charge in [-0.25, -0.2) is 0 Å². The maximum absolute atomic E-state index is 11.8. The van der Waals surface area contributed by atoms with Gasteiger partial charge in [0.25, 0.3) is 0 Å². The summed E-state index contributed by atoms with van der Waals surface area (Å²) in [6, 6.07) is 4.38. The molecule has 0 bridgehead atoms. The quantitative estimate of drug-likeness (QED) is 0.768. The fourth-order valence-corrected chi connectivity index (χ4v) is 3.15. The topological polar surface area (TPSA) is 20.3 Å². The van der Waals surface area contributed by atoms with E-state index < -0.39 is 0 Å². The molecule has 1 aliphatic heterocycles. The number of hydrogen-bond donors (Lipinski definition) is 0. The molecule has 0 aliphatic carbocycles. The third kappa shape index (κ3) is 2.71. The van der Waals surface area contributed by atoms with Gasteiger partial charge >= 0.3 is 0 Å². The van der Waals surface area contributed by atoms with Crippen LogP contribution in [0.3, 0.4) is 0 Å². The number of rotatable bonds is 2. The van der Waals surface area contributed by atoms with Gasteiger partial charge in [-0.1, -0.05) is 33.6 Å². The van der Waals surface area contributed by atoms with Gasteiger partial charge in [0.2, 0.25) is 5.91 Å². The molecule has 1 aliphatic rings. The van der Waals surface area contributed by atoms with Crippen LogP contribution in [0.15, 0.2) is 12.1 Å². The molecular weight excluding hydrogens is 278 g/mol. The number of likely N-dealkylation sites (tertiary alicyclic amines) is 1. The number of carbonyl (C=O) groups is 1. The van der Waals surface area contributed by atoms with E-state index in [-0.39, 0.29) is 5.91 Å². The van der Waals surface area contributed by atoms with Crippen LogP contribution in [0, 0.1) is 20.8 Å². The van der Waals surface area contributed by atoms with Crippen molar-refractivity contribution in [3.63, 3.8) is 0 Å². The monoisotopic (exact) mass is 295 g/mol. The second kappa shape index (κ2) is 4.81. The van der Waals surface area contributed by atoms with E-state index in [2.05, 4.69) is 48.8 Å².